The number of amides is 2. The van der Waals surface area contributed by atoms with Crippen molar-refractivity contribution in [3.63, 3.8) is 0 Å². The molecular weight excluding hydrogens is 378 g/mol. The Kier molecular flexibility index (Phi) is 8.06. The van der Waals surface area contributed by atoms with Crippen molar-refractivity contribution in [3.05, 3.63) is 59.7 Å². The summed E-state index contributed by atoms with van der Waals surface area (Å²) in [4.78, 5) is 36.2. The largest absolute Gasteiger partial charge is 0.454 e. The number of anilines is 1. The Bertz CT molecular complexity index is 894. The lowest BCUT2D eigenvalue weighted by molar-refractivity contribution is -0.147. The molecule has 0 atom stereocenters. The number of thioether (sulfide) groups is 1. The van der Waals surface area contributed by atoms with Crippen molar-refractivity contribution in [2.75, 3.05) is 18.5 Å². The summed E-state index contributed by atoms with van der Waals surface area (Å²) in [5.74, 6) is -1.50. The second-order valence-corrected chi connectivity index (χ2v) is 6.68. The van der Waals surface area contributed by atoms with Gasteiger partial charge in [-0.15, -0.1) is 0 Å². The molecule has 2 aromatic rings. The molecule has 0 heterocycles. The molecule has 0 radical (unpaired) electrons. The molecule has 0 spiro atoms. The van der Waals surface area contributed by atoms with Gasteiger partial charge in [0.05, 0.1) is 6.42 Å². The van der Waals surface area contributed by atoms with Crippen LogP contribution in [0.25, 0.3) is 0 Å². The van der Waals surface area contributed by atoms with Crippen LogP contribution in [-0.2, 0) is 25.5 Å². The van der Waals surface area contributed by atoms with Crippen LogP contribution in [0, 0.1) is 17.6 Å². The third kappa shape index (κ3) is 7.13. The van der Waals surface area contributed by atoms with Crippen LogP contribution in [0.2, 0.25) is 0 Å². The van der Waals surface area contributed by atoms with E-state index in [1.54, 1.807) is 25.1 Å². The van der Waals surface area contributed by atoms with Gasteiger partial charge < -0.3 is 15.4 Å². The molecule has 0 bridgehead atoms. The smallest absolute Gasteiger partial charge is 0.325 e. The molecule has 0 unspecified atom stereocenters. The molecule has 0 saturated carbocycles. The predicted molar refractivity (Wildman–Crippen MR) is 105 cm³/mol. The van der Waals surface area contributed by atoms with Crippen molar-refractivity contribution >= 4 is 35.2 Å². The second kappa shape index (κ2) is 10.7. The van der Waals surface area contributed by atoms with Crippen LogP contribution in [0.3, 0.4) is 0 Å². The van der Waals surface area contributed by atoms with Crippen LogP contribution in [0.15, 0.2) is 53.4 Å². The number of nitriles is 1. The highest BCUT2D eigenvalue weighted by Crippen LogP contribution is 2.23. The first-order valence-corrected chi connectivity index (χ1v) is 9.22. The highest BCUT2D eigenvalue weighted by molar-refractivity contribution is 8.03. The van der Waals surface area contributed by atoms with E-state index in [0.717, 1.165) is 27.8 Å². The highest BCUT2D eigenvalue weighted by atomic mass is 32.2. The molecule has 144 valence electrons. The van der Waals surface area contributed by atoms with Gasteiger partial charge >= 0.3 is 5.97 Å². The number of hydrogen-bond donors (Lipinski definition) is 2. The van der Waals surface area contributed by atoms with Crippen LogP contribution >= 0.6 is 11.8 Å². The van der Waals surface area contributed by atoms with Gasteiger partial charge in [-0.3, -0.25) is 14.4 Å². The number of rotatable bonds is 8. The summed E-state index contributed by atoms with van der Waals surface area (Å²) in [6.07, 6.45) is 0.161. The minimum absolute atomic E-state index is 0.161. The Morgan fingerprint density at radius 2 is 1.86 bits per heavy atom. The van der Waals surface area contributed by atoms with Gasteiger partial charge in [0.1, 0.15) is 11.9 Å². The molecule has 2 aromatic carbocycles. The molecule has 0 saturated heterocycles. The maximum atomic E-state index is 11.9. The van der Waals surface area contributed by atoms with Crippen molar-refractivity contribution in [1.29, 1.82) is 5.26 Å². The standard InChI is InChI=1S/C20H19N3O4S/c1-14-9-16(28-13-21)7-8-17(14)23-19(25)12-27-20(26)11-22-18(24)10-15-5-3-2-4-6-15/h2-9H,10-12H2,1H3,(H,22,24)(H,23,25). The fourth-order valence-electron chi connectivity index (χ4n) is 2.29. The third-order valence-corrected chi connectivity index (χ3v) is 4.22. The van der Waals surface area contributed by atoms with Crippen molar-refractivity contribution in [1.82, 2.24) is 5.32 Å². The number of carbonyl (C=O) groups excluding carboxylic acids is 3. The Morgan fingerprint density at radius 3 is 2.54 bits per heavy atom. The lowest BCUT2D eigenvalue weighted by Crippen LogP contribution is -2.33. The minimum Gasteiger partial charge on any atom is -0.454 e. The molecule has 2 amide bonds. The van der Waals surface area contributed by atoms with Gasteiger partial charge in [0.15, 0.2) is 6.61 Å². The van der Waals surface area contributed by atoms with E-state index in [0.29, 0.717) is 5.69 Å². The maximum absolute atomic E-state index is 11.9. The first kappa shape index (κ1) is 21.0. The fourth-order valence-corrected chi connectivity index (χ4v) is 2.77. The number of benzene rings is 2. The first-order chi connectivity index (χ1) is 13.5. The Morgan fingerprint density at radius 1 is 1.11 bits per heavy atom. The van der Waals surface area contributed by atoms with Crippen LogP contribution in [0.5, 0.6) is 0 Å². The third-order valence-electron chi connectivity index (χ3n) is 3.64. The van der Waals surface area contributed by atoms with E-state index < -0.39 is 18.5 Å². The van der Waals surface area contributed by atoms with Crippen molar-refractivity contribution < 1.29 is 19.1 Å². The number of thiocyanates is 1. The molecule has 7 nitrogen and oxygen atoms in total. The summed E-state index contributed by atoms with van der Waals surface area (Å²) in [7, 11) is 0. The van der Waals surface area contributed by atoms with E-state index in [1.807, 2.05) is 35.7 Å². The number of hydrogen-bond acceptors (Lipinski definition) is 6. The molecule has 0 aliphatic rings. The summed E-state index contributed by atoms with van der Waals surface area (Å²) in [6, 6.07) is 14.3. The average molecular weight is 397 g/mol. The molecular formula is C20H19N3O4S. The van der Waals surface area contributed by atoms with Crippen LogP contribution < -0.4 is 10.6 Å². The van der Waals surface area contributed by atoms with Gasteiger partial charge in [0.25, 0.3) is 5.91 Å². The number of nitrogens with one attached hydrogen (secondary N) is 2. The summed E-state index contributed by atoms with van der Waals surface area (Å²) < 4.78 is 4.87. The molecule has 2 rings (SSSR count). The summed E-state index contributed by atoms with van der Waals surface area (Å²) in [5, 5.41) is 15.7. The van der Waals surface area contributed by atoms with Crippen molar-refractivity contribution in [3.8, 4) is 5.40 Å². The zero-order valence-corrected chi connectivity index (χ0v) is 16.0. The summed E-state index contributed by atoms with van der Waals surface area (Å²) in [6.45, 7) is 1.03. The van der Waals surface area contributed by atoms with E-state index >= 15 is 0 Å². The molecule has 0 aliphatic carbocycles. The zero-order valence-electron chi connectivity index (χ0n) is 15.2. The fraction of sp³-hybridized carbons (Fsp3) is 0.200. The highest BCUT2D eigenvalue weighted by Gasteiger charge is 2.11. The van der Waals surface area contributed by atoms with Gasteiger partial charge in [-0.1, -0.05) is 30.3 Å². The predicted octanol–water partition coefficient (Wildman–Crippen LogP) is 2.41. The Balaban J connectivity index is 1.71. The van der Waals surface area contributed by atoms with Crippen LogP contribution in [0.4, 0.5) is 5.69 Å². The van der Waals surface area contributed by atoms with Gasteiger partial charge in [0.2, 0.25) is 5.91 Å². The van der Waals surface area contributed by atoms with Gasteiger partial charge in [-0.25, -0.2) is 0 Å². The van der Waals surface area contributed by atoms with Crippen LogP contribution in [-0.4, -0.2) is 30.9 Å². The van der Waals surface area contributed by atoms with Crippen molar-refractivity contribution in [2.45, 2.75) is 18.2 Å². The van der Waals surface area contributed by atoms with E-state index in [9.17, 15) is 14.4 Å². The van der Waals surface area contributed by atoms with E-state index in [1.165, 1.54) is 0 Å². The Hall–Kier alpha value is -3.31. The maximum Gasteiger partial charge on any atom is 0.325 e. The number of nitrogens with zero attached hydrogens (tertiary/aromatic N) is 1. The SMILES string of the molecule is Cc1cc(SC#N)ccc1NC(=O)COC(=O)CNC(=O)Cc1ccccc1. The molecule has 0 aliphatic heterocycles. The topological polar surface area (TPSA) is 108 Å². The number of carbonyl (C=O) groups is 3. The second-order valence-electron chi connectivity index (χ2n) is 5.82. The van der Waals surface area contributed by atoms with Gasteiger partial charge in [0, 0.05) is 10.6 Å². The molecule has 28 heavy (non-hydrogen) atoms. The number of esters is 1. The molecule has 0 aromatic heterocycles. The lowest BCUT2D eigenvalue weighted by atomic mass is 10.1. The first-order valence-electron chi connectivity index (χ1n) is 8.40. The molecule has 0 fully saturated rings. The van der Waals surface area contributed by atoms with E-state index in [2.05, 4.69) is 10.6 Å². The van der Waals surface area contributed by atoms with Crippen molar-refractivity contribution in [2.24, 2.45) is 0 Å². The summed E-state index contributed by atoms with van der Waals surface area (Å²) in [5.41, 5.74) is 2.19. The number of aryl methyl sites for hydroxylation is 1. The van der Waals surface area contributed by atoms with E-state index in [4.69, 9.17) is 10.00 Å². The summed E-state index contributed by atoms with van der Waals surface area (Å²) >= 11 is 1.03. The van der Waals surface area contributed by atoms with E-state index in [-0.39, 0.29) is 18.9 Å². The minimum atomic E-state index is -0.700. The molecule has 2 N–H and O–H groups in total. The number of ether oxygens (including phenoxy) is 1. The zero-order chi connectivity index (χ0) is 20.4. The lowest BCUT2D eigenvalue weighted by Gasteiger charge is -2.10. The quantitative estimate of drug-likeness (QED) is 0.402. The normalized spacial score (nSPS) is 9.86. The average Bonchev–Trinajstić information content (AvgIpc) is 2.68. The van der Waals surface area contributed by atoms with Gasteiger partial charge in [-0.2, -0.15) is 5.26 Å². The molecule has 8 heteroatoms. The monoisotopic (exact) mass is 397 g/mol. The Labute approximate surface area is 167 Å². The van der Waals surface area contributed by atoms with Gasteiger partial charge in [-0.05, 0) is 48.0 Å². The van der Waals surface area contributed by atoms with Crippen LogP contribution in [0.1, 0.15) is 11.1 Å².